The van der Waals surface area contributed by atoms with E-state index in [2.05, 4.69) is 4.72 Å². The maximum atomic E-state index is 11.8. The molecule has 0 spiro atoms. The summed E-state index contributed by atoms with van der Waals surface area (Å²) in [6.45, 7) is 4.65. The second-order valence-corrected chi connectivity index (χ2v) is 5.80. The quantitative estimate of drug-likeness (QED) is 0.584. The van der Waals surface area contributed by atoms with Crippen LogP contribution in [0.2, 0.25) is 0 Å². The van der Waals surface area contributed by atoms with E-state index in [0.717, 1.165) is 0 Å². The first kappa shape index (κ1) is 15.8. The maximum absolute atomic E-state index is 11.8. The van der Waals surface area contributed by atoms with Gasteiger partial charge in [-0.05, 0) is 19.3 Å². The number of methoxy groups -OCH3 is 1. The fraction of sp³-hybridized carbons (Fsp3) is 1.00. The first-order valence-corrected chi connectivity index (χ1v) is 7.31. The highest BCUT2D eigenvalue weighted by Crippen LogP contribution is 2.15. The zero-order chi connectivity index (χ0) is 12.7. The standard InChI is InChI=1S/C10H24N2O3S/c1-4-10(5-2,9-11)12-16(13,14)8-6-7-15-3/h12H,4-9,11H2,1-3H3. The van der Waals surface area contributed by atoms with E-state index in [0.29, 0.717) is 32.4 Å². The molecule has 0 saturated carbocycles. The molecule has 0 aromatic heterocycles. The van der Waals surface area contributed by atoms with Crippen molar-refractivity contribution in [2.75, 3.05) is 26.0 Å². The molecular formula is C10H24N2O3S. The lowest BCUT2D eigenvalue weighted by molar-refractivity contribution is 0.199. The molecule has 0 heterocycles. The molecule has 3 N–H and O–H groups in total. The zero-order valence-electron chi connectivity index (χ0n) is 10.5. The van der Waals surface area contributed by atoms with Gasteiger partial charge in [0.25, 0.3) is 0 Å². The predicted octanol–water partition coefficient (Wildman–Crippen LogP) is 0.460. The summed E-state index contributed by atoms with van der Waals surface area (Å²) in [6, 6.07) is 0. The highest BCUT2D eigenvalue weighted by Gasteiger charge is 2.29. The SMILES string of the molecule is CCC(CC)(CN)NS(=O)(=O)CCCOC. The van der Waals surface area contributed by atoms with Crippen molar-refractivity contribution in [1.29, 1.82) is 0 Å². The second kappa shape index (κ2) is 7.21. The Morgan fingerprint density at radius 1 is 1.31 bits per heavy atom. The Morgan fingerprint density at radius 3 is 2.25 bits per heavy atom. The van der Waals surface area contributed by atoms with Crippen LogP contribution >= 0.6 is 0 Å². The van der Waals surface area contributed by atoms with Crippen LogP contribution in [-0.4, -0.2) is 40.0 Å². The first-order chi connectivity index (χ1) is 7.45. The number of nitrogens with one attached hydrogen (secondary N) is 1. The van der Waals surface area contributed by atoms with Crippen molar-refractivity contribution in [2.45, 2.75) is 38.6 Å². The van der Waals surface area contributed by atoms with Crippen molar-refractivity contribution in [3.05, 3.63) is 0 Å². The van der Waals surface area contributed by atoms with Crippen LogP contribution in [0.4, 0.5) is 0 Å². The Bertz CT molecular complexity index is 266. The van der Waals surface area contributed by atoms with E-state index >= 15 is 0 Å². The molecular weight excluding hydrogens is 228 g/mol. The highest BCUT2D eigenvalue weighted by atomic mass is 32.2. The zero-order valence-corrected chi connectivity index (χ0v) is 11.3. The van der Waals surface area contributed by atoms with E-state index in [-0.39, 0.29) is 5.75 Å². The van der Waals surface area contributed by atoms with Gasteiger partial charge in [0.1, 0.15) is 0 Å². The van der Waals surface area contributed by atoms with Crippen molar-refractivity contribution in [1.82, 2.24) is 4.72 Å². The van der Waals surface area contributed by atoms with Crippen LogP contribution in [0.5, 0.6) is 0 Å². The lowest BCUT2D eigenvalue weighted by Gasteiger charge is -2.30. The van der Waals surface area contributed by atoms with E-state index in [1.165, 1.54) is 0 Å². The largest absolute Gasteiger partial charge is 0.385 e. The molecule has 0 fully saturated rings. The van der Waals surface area contributed by atoms with Crippen LogP contribution in [0.3, 0.4) is 0 Å². The average molecular weight is 252 g/mol. The summed E-state index contributed by atoms with van der Waals surface area (Å²) in [7, 11) is -1.70. The smallest absolute Gasteiger partial charge is 0.212 e. The molecule has 0 atom stereocenters. The van der Waals surface area contributed by atoms with E-state index in [1.807, 2.05) is 13.8 Å². The van der Waals surface area contributed by atoms with E-state index < -0.39 is 15.6 Å². The fourth-order valence-electron chi connectivity index (χ4n) is 1.50. The lowest BCUT2D eigenvalue weighted by Crippen LogP contribution is -2.53. The van der Waals surface area contributed by atoms with Crippen molar-refractivity contribution in [2.24, 2.45) is 5.73 Å². The van der Waals surface area contributed by atoms with Crippen LogP contribution < -0.4 is 10.5 Å². The minimum absolute atomic E-state index is 0.0859. The van der Waals surface area contributed by atoms with Gasteiger partial charge in [-0.2, -0.15) is 0 Å². The molecule has 0 rings (SSSR count). The van der Waals surface area contributed by atoms with Gasteiger partial charge in [-0.25, -0.2) is 13.1 Å². The summed E-state index contributed by atoms with van der Waals surface area (Å²) in [5, 5.41) is 0. The van der Waals surface area contributed by atoms with Gasteiger partial charge in [0, 0.05) is 25.8 Å². The molecule has 0 bridgehead atoms. The number of ether oxygens (including phenoxy) is 1. The molecule has 0 aliphatic rings. The Hall–Kier alpha value is -0.170. The van der Waals surface area contributed by atoms with Gasteiger partial charge >= 0.3 is 0 Å². The first-order valence-electron chi connectivity index (χ1n) is 5.66. The van der Waals surface area contributed by atoms with E-state index in [9.17, 15) is 8.42 Å². The van der Waals surface area contributed by atoms with Crippen LogP contribution in [-0.2, 0) is 14.8 Å². The summed E-state index contributed by atoms with van der Waals surface area (Å²) in [5.74, 6) is 0.0859. The topological polar surface area (TPSA) is 81.4 Å². The summed E-state index contributed by atoms with van der Waals surface area (Å²) in [4.78, 5) is 0. The predicted molar refractivity (Wildman–Crippen MR) is 65.8 cm³/mol. The second-order valence-electron chi connectivity index (χ2n) is 3.96. The van der Waals surface area contributed by atoms with Gasteiger partial charge in [-0.1, -0.05) is 13.8 Å². The summed E-state index contributed by atoms with van der Waals surface area (Å²) >= 11 is 0. The molecule has 0 saturated heterocycles. The molecule has 0 radical (unpaired) electrons. The lowest BCUT2D eigenvalue weighted by atomic mass is 9.95. The summed E-state index contributed by atoms with van der Waals surface area (Å²) in [6.07, 6.45) is 1.90. The Morgan fingerprint density at radius 2 is 1.88 bits per heavy atom. The number of hydrogen-bond acceptors (Lipinski definition) is 4. The van der Waals surface area contributed by atoms with Crippen LogP contribution in [0.15, 0.2) is 0 Å². The third-order valence-electron chi connectivity index (χ3n) is 2.88. The van der Waals surface area contributed by atoms with Gasteiger partial charge in [-0.15, -0.1) is 0 Å². The molecule has 0 aromatic rings. The number of sulfonamides is 1. The highest BCUT2D eigenvalue weighted by molar-refractivity contribution is 7.89. The number of nitrogens with two attached hydrogens (primary N) is 1. The van der Waals surface area contributed by atoms with Crippen LogP contribution in [0.25, 0.3) is 0 Å². The average Bonchev–Trinajstić information content (AvgIpc) is 2.26. The molecule has 5 nitrogen and oxygen atoms in total. The van der Waals surface area contributed by atoms with Crippen molar-refractivity contribution >= 4 is 10.0 Å². The normalized spacial score (nSPS) is 13.0. The summed E-state index contributed by atoms with van der Waals surface area (Å²) < 4.78 is 31.1. The van der Waals surface area contributed by atoms with Crippen molar-refractivity contribution < 1.29 is 13.2 Å². The van der Waals surface area contributed by atoms with Crippen molar-refractivity contribution in [3.63, 3.8) is 0 Å². The monoisotopic (exact) mass is 252 g/mol. The molecule has 16 heavy (non-hydrogen) atoms. The Kier molecular flexibility index (Phi) is 7.14. The van der Waals surface area contributed by atoms with Crippen LogP contribution in [0, 0.1) is 0 Å². The molecule has 0 amide bonds. The molecule has 0 aliphatic carbocycles. The third kappa shape index (κ3) is 5.25. The van der Waals surface area contributed by atoms with Gasteiger partial charge in [0.2, 0.25) is 10.0 Å². The van der Waals surface area contributed by atoms with Crippen molar-refractivity contribution in [3.8, 4) is 0 Å². The van der Waals surface area contributed by atoms with Crippen LogP contribution in [0.1, 0.15) is 33.1 Å². The summed E-state index contributed by atoms with van der Waals surface area (Å²) in [5.41, 5.74) is 5.15. The third-order valence-corrected chi connectivity index (χ3v) is 4.45. The number of hydrogen-bond donors (Lipinski definition) is 2. The van der Waals surface area contributed by atoms with E-state index in [4.69, 9.17) is 10.5 Å². The molecule has 0 aromatic carbocycles. The Balaban J connectivity index is 4.42. The molecule has 0 unspecified atom stereocenters. The molecule has 6 heteroatoms. The van der Waals surface area contributed by atoms with Gasteiger partial charge in [-0.3, -0.25) is 0 Å². The minimum atomic E-state index is -3.26. The van der Waals surface area contributed by atoms with Gasteiger partial charge < -0.3 is 10.5 Å². The minimum Gasteiger partial charge on any atom is -0.385 e. The number of rotatable bonds is 9. The van der Waals surface area contributed by atoms with E-state index in [1.54, 1.807) is 7.11 Å². The fourth-order valence-corrected chi connectivity index (χ4v) is 3.13. The van der Waals surface area contributed by atoms with Gasteiger partial charge in [0.05, 0.1) is 5.75 Å². The van der Waals surface area contributed by atoms with Gasteiger partial charge in [0.15, 0.2) is 0 Å². The molecule has 98 valence electrons. The molecule has 0 aliphatic heterocycles. The maximum Gasteiger partial charge on any atom is 0.212 e. The Labute approximate surface area is 98.8 Å².